The number of nitrogens with zero attached hydrogens (tertiary/aromatic N) is 5. The minimum absolute atomic E-state index is 0.159. The summed E-state index contributed by atoms with van der Waals surface area (Å²) in [7, 11) is 0. The number of β-amino-alcohol motifs (C(OH)–C–C–N with tert-alkyl or cyclic N) is 1. The number of carboxylic acid groups (broad SMARTS) is 1. The van der Waals surface area contributed by atoms with Crippen LogP contribution in [0.15, 0.2) is 36.5 Å². The zero-order chi connectivity index (χ0) is 24.8. The standard InChI is InChI=1S/C26H30N6O4/c33-19-8-11-31(15-19)24-3-1-2-21(27-24)25(34)28-23-12-17-14-32(18-6-9-30(10-7-18)26(35)36)29-22(17)13-20(23)16-4-5-16/h1-3,12-14,16,18-19,33H,4-11,15H2,(H,28,34)(H,35,36)/t19-/m1/s1. The summed E-state index contributed by atoms with van der Waals surface area (Å²) in [6, 6.07) is 9.64. The number of piperidine rings is 1. The molecule has 3 N–H and O–H groups in total. The van der Waals surface area contributed by atoms with E-state index in [1.54, 1.807) is 6.07 Å². The van der Waals surface area contributed by atoms with E-state index in [4.69, 9.17) is 5.10 Å². The number of benzene rings is 1. The smallest absolute Gasteiger partial charge is 0.407 e. The second kappa shape index (κ2) is 9.09. The maximum absolute atomic E-state index is 13.2. The van der Waals surface area contributed by atoms with Crippen molar-refractivity contribution in [2.45, 2.75) is 50.2 Å². The molecule has 10 nitrogen and oxygen atoms in total. The van der Waals surface area contributed by atoms with Crippen LogP contribution in [0.3, 0.4) is 0 Å². The van der Waals surface area contributed by atoms with Gasteiger partial charge in [-0.1, -0.05) is 6.07 Å². The number of anilines is 2. The van der Waals surface area contributed by atoms with Crippen LogP contribution in [0, 0.1) is 0 Å². The highest BCUT2D eigenvalue weighted by atomic mass is 16.4. The van der Waals surface area contributed by atoms with Crippen molar-refractivity contribution >= 4 is 34.4 Å². The average molecular weight is 491 g/mol. The van der Waals surface area contributed by atoms with E-state index < -0.39 is 6.09 Å². The fourth-order valence-electron chi connectivity index (χ4n) is 5.32. The Morgan fingerprint density at radius 3 is 2.53 bits per heavy atom. The normalized spacial score (nSPS) is 20.8. The van der Waals surface area contributed by atoms with Gasteiger partial charge in [0.25, 0.3) is 5.91 Å². The third-order valence-corrected chi connectivity index (χ3v) is 7.52. The maximum Gasteiger partial charge on any atom is 0.407 e. The van der Waals surface area contributed by atoms with E-state index in [1.165, 1.54) is 4.90 Å². The number of hydrogen-bond donors (Lipinski definition) is 3. The van der Waals surface area contributed by atoms with Gasteiger partial charge in [-0.25, -0.2) is 9.78 Å². The van der Waals surface area contributed by atoms with Gasteiger partial charge in [0, 0.05) is 43.4 Å². The van der Waals surface area contributed by atoms with Gasteiger partial charge in [0.2, 0.25) is 0 Å². The number of rotatable bonds is 5. The molecule has 3 aromatic rings. The van der Waals surface area contributed by atoms with Gasteiger partial charge in [0.1, 0.15) is 11.5 Å². The number of aromatic nitrogens is 3. The van der Waals surface area contributed by atoms with Crippen molar-refractivity contribution in [1.82, 2.24) is 19.7 Å². The van der Waals surface area contributed by atoms with Crippen LogP contribution >= 0.6 is 0 Å². The number of carbonyl (C=O) groups excluding carboxylic acids is 1. The number of aliphatic hydroxyl groups is 1. The highest BCUT2D eigenvalue weighted by molar-refractivity contribution is 6.04. The van der Waals surface area contributed by atoms with Crippen LogP contribution in [0.2, 0.25) is 0 Å². The molecule has 1 atom stereocenters. The van der Waals surface area contributed by atoms with Crippen molar-refractivity contribution in [1.29, 1.82) is 0 Å². The van der Waals surface area contributed by atoms with Gasteiger partial charge in [0.15, 0.2) is 0 Å². The highest BCUT2D eigenvalue weighted by Crippen LogP contribution is 2.45. The predicted molar refractivity (Wildman–Crippen MR) is 135 cm³/mol. The van der Waals surface area contributed by atoms with Gasteiger partial charge in [0.05, 0.1) is 17.7 Å². The molecule has 1 aliphatic carbocycles. The fourth-order valence-corrected chi connectivity index (χ4v) is 5.32. The van der Waals surface area contributed by atoms with E-state index >= 15 is 0 Å². The Kier molecular flexibility index (Phi) is 5.75. The molecule has 2 aliphatic heterocycles. The number of aliphatic hydroxyl groups excluding tert-OH is 1. The predicted octanol–water partition coefficient (Wildman–Crippen LogP) is 3.45. The molecule has 36 heavy (non-hydrogen) atoms. The third kappa shape index (κ3) is 4.48. The molecule has 2 amide bonds. The van der Waals surface area contributed by atoms with Crippen LogP contribution in [0.5, 0.6) is 0 Å². The summed E-state index contributed by atoms with van der Waals surface area (Å²) < 4.78 is 1.96. The molecule has 0 spiro atoms. The van der Waals surface area contributed by atoms with Crippen molar-refractivity contribution < 1.29 is 19.8 Å². The largest absolute Gasteiger partial charge is 0.465 e. The molecule has 3 fully saturated rings. The zero-order valence-electron chi connectivity index (χ0n) is 20.0. The topological polar surface area (TPSA) is 124 Å². The monoisotopic (exact) mass is 490 g/mol. The van der Waals surface area contributed by atoms with Gasteiger partial charge < -0.3 is 25.3 Å². The molecule has 1 aromatic carbocycles. The van der Waals surface area contributed by atoms with Crippen LogP contribution in [0.1, 0.15) is 60.1 Å². The van der Waals surface area contributed by atoms with E-state index in [0.717, 1.165) is 54.4 Å². The molecule has 4 heterocycles. The molecule has 6 rings (SSSR count). The summed E-state index contributed by atoms with van der Waals surface area (Å²) in [6.07, 6.45) is 5.12. The lowest BCUT2D eigenvalue weighted by Crippen LogP contribution is -2.38. The molecule has 0 unspecified atom stereocenters. The number of likely N-dealkylation sites (tertiary alicyclic amines) is 1. The Hall–Kier alpha value is -3.66. The quantitative estimate of drug-likeness (QED) is 0.500. The molecule has 2 saturated heterocycles. The fraction of sp³-hybridized carbons (Fsp3) is 0.462. The molecular weight excluding hydrogens is 460 g/mol. The molecule has 2 aromatic heterocycles. The van der Waals surface area contributed by atoms with Gasteiger partial charge in [-0.2, -0.15) is 5.10 Å². The number of nitrogens with one attached hydrogen (secondary N) is 1. The molecular formula is C26H30N6O4. The summed E-state index contributed by atoms with van der Waals surface area (Å²) in [6.45, 7) is 2.27. The molecule has 0 radical (unpaired) electrons. The molecule has 1 saturated carbocycles. The van der Waals surface area contributed by atoms with E-state index in [2.05, 4.69) is 16.4 Å². The Balaban J connectivity index is 1.23. The maximum atomic E-state index is 13.2. The Labute approximate surface area is 208 Å². The van der Waals surface area contributed by atoms with Crippen LogP contribution < -0.4 is 10.2 Å². The van der Waals surface area contributed by atoms with Crippen LogP contribution in [-0.4, -0.2) is 74.2 Å². The summed E-state index contributed by atoms with van der Waals surface area (Å²) in [5, 5.41) is 27.9. The lowest BCUT2D eigenvalue weighted by atomic mass is 10.1. The van der Waals surface area contributed by atoms with Gasteiger partial charge >= 0.3 is 6.09 Å². The average Bonchev–Trinajstić information content (AvgIpc) is 3.50. The lowest BCUT2D eigenvalue weighted by Gasteiger charge is -2.29. The van der Waals surface area contributed by atoms with E-state index in [-0.39, 0.29) is 18.1 Å². The van der Waals surface area contributed by atoms with Crippen molar-refractivity contribution in [3.63, 3.8) is 0 Å². The van der Waals surface area contributed by atoms with Crippen LogP contribution in [0.25, 0.3) is 10.9 Å². The summed E-state index contributed by atoms with van der Waals surface area (Å²) in [5.41, 5.74) is 3.12. The zero-order valence-corrected chi connectivity index (χ0v) is 20.0. The first kappa shape index (κ1) is 22.8. The first-order chi connectivity index (χ1) is 17.4. The van der Waals surface area contributed by atoms with Crippen molar-refractivity contribution in [3.05, 3.63) is 47.8 Å². The second-order valence-corrected chi connectivity index (χ2v) is 10.1. The van der Waals surface area contributed by atoms with Gasteiger partial charge in [-0.15, -0.1) is 0 Å². The molecule has 3 aliphatic rings. The number of amides is 2. The number of carbonyl (C=O) groups is 2. The van der Waals surface area contributed by atoms with Crippen molar-refractivity contribution in [2.24, 2.45) is 0 Å². The van der Waals surface area contributed by atoms with E-state index in [1.807, 2.05) is 34.0 Å². The van der Waals surface area contributed by atoms with E-state index in [9.17, 15) is 19.8 Å². The second-order valence-electron chi connectivity index (χ2n) is 10.1. The SMILES string of the molecule is O=C(Nc1cc2cn(C3CCN(C(=O)O)CC3)nc2cc1C1CC1)c1cccc(N2CC[C@@H](O)C2)n1. The Morgan fingerprint density at radius 1 is 1.03 bits per heavy atom. The van der Waals surface area contributed by atoms with Crippen LogP contribution in [-0.2, 0) is 0 Å². The minimum atomic E-state index is -0.869. The molecule has 188 valence electrons. The first-order valence-electron chi connectivity index (χ1n) is 12.7. The minimum Gasteiger partial charge on any atom is -0.465 e. The lowest BCUT2D eigenvalue weighted by molar-refractivity contribution is 0.102. The Bertz CT molecular complexity index is 1310. The van der Waals surface area contributed by atoms with Crippen LogP contribution in [0.4, 0.5) is 16.3 Å². The summed E-state index contributed by atoms with van der Waals surface area (Å²) >= 11 is 0. The molecule has 10 heteroatoms. The third-order valence-electron chi connectivity index (χ3n) is 7.52. The first-order valence-corrected chi connectivity index (χ1v) is 12.7. The highest BCUT2D eigenvalue weighted by Gasteiger charge is 2.29. The van der Waals surface area contributed by atoms with Gasteiger partial charge in [-0.3, -0.25) is 9.48 Å². The number of hydrogen-bond acceptors (Lipinski definition) is 6. The number of pyridine rings is 1. The van der Waals surface area contributed by atoms with E-state index in [0.29, 0.717) is 43.5 Å². The number of fused-ring (bicyclic) bond motifs is 1. The van der Waals surface area contributed by atoms with Crippen molar-refractivity contribution in [3.8, 4) is 0 Å². The Morgan fingerprint density at radius 2 is 1.83 bits per heavy atom. The van der Waals surface area contributed by atoms with Crippen molar-refractivity contribution in [2.75, 3.05) is 36.4 Å². The molecule has 0 bridgehead atoms. The summed E-state index contributed by atoms with van der Waals surface area (Å²) in [5.74, 6) is 0.859. The van der Waals surface area contributed by atoms with Gasteiger partial charge in [-0.05, 0) is 67.9 Å². The summed E-state index contributed by atoms with van der Waals surface area (Å²) in [4.78, 5) is 32.4.